The summed E-state index contributed by atoms with van der Waals surface area (Å²) in [6.45, 7) is 1.34. The molecule has 8 heteroatoms. The molecule has 130 valence electrons. The van der Waals surface area contributed by atoms with Crippen molar-refractivity contribution < 1.29 is 33.3 Å². The molecule has 8 nitrogen and oxygen atoms in total. The van der Waals surface area contributed by atoms with Crippen LogP contribution in [-0.4, -0.2) is 45.3 Å². The second-order valence-electron chi connectivity index (χ2n) is 4.31. The number of hydrogen-bond donors (Lipinski definition) is 1. The third kappa shape index (κ3) is 6.39. The topological polar surface area (TPSA) is 100 Å². The lowest BCUT2D eigenvalue weighted by molar-refractivity contribution is -0.143. The first-order valence-corrected chi connectivity index (χ1v) is 7.03. The van der Waals surface area contributed by atoms with E-state index in [-0.39, 0.29) is 6.61 Å². The highest BCUT2D eigenvalue weighted by Crippen LogP contribution is 2.29. The lowest BCUT2D eigenvalue weighted by atomic mass is 10.2. The van der Waals surface area contributed by atoms with E-state index in [0.717, 1.165) is 12.2 Å². The van der Waals surface area contributed by atoms with Crippen molar-refractivity contribution in [3.63, 3.8) is 0 Å². The number of esters is 2. The summed E-state index contributed by atoms with van der Waals surface area (Å²) >= 11 is 0. The summed E-state index contributed by atoms with van der Waals surface area (Å²) in [6, 6.07) is 4.81. The zero-order valence-electron chi connectivity index (χ0n) is 13.7. The number of anilines is 1. The molecule has 0 radical (unpaired) electrons. The lowest BCUT2D eigenvalue weighted by Gasteiger charge is -2.10. The summed E-state index contributed by atoms with van der Waals surface area (Å²) in [6.07, 6.45) is 1.82. The SMILES string of the molecule is CCOC(=O)/C=C/C(=O)OCC(=O)Nc1ccc(OC)c(OC)c1. The first-order valence-electron chi connectivity index (χ1n) is 7.03. The van der Waals surface area contributed by atoms with E-state index < -0.39 is 24.5 Å². The predicted octanol–water partition coefficient (Wildman–Crippen LogP) is 1.30. The van der Waals surface area contributed by atoms with Gasteiger partial charge in [-0.05, 0) is 19.1 Å². The quantitative estimate of drug-likeness (QED) is 0.564. The highest BCUT2D eigenvalue weighted by atomic mass is 16.5. The van der Waals surface area contributed by atoms with Gasteiger partial charge in [0.1, 0.15) is 0 Å². The van der Waals surface area contributed by atoms with Crippen molar-refractivity contribution in [3.05, 3.63) is 30.4 Å². The molecule has 1 aromatic carbocycles. The van der Waals surface area contributed by atoms with Gasteiger partial charge in [0.25, 0.3) is 5.91 Å². The Morgan fingerprint density at radius 2 is 1.62 bits per heavy atom. The number of benzene rings is 1. The zero-order valence-corrected chi connectivity index (χ0v) is 13.7. The molecule has 0 saturated heterocycles. The molecule has 0 aliphatic rings. The van der Waals surface area contributed by atoms with Gasteiger partial charge in [0.2, 0.25) is 0 Å². The van der Waals surface area contributed by atoms with Crippen molar-refractivity contribution in [1.29, 1.82) is 0 Å². The van der Waals surface area contributed by atoms with E-state index in [4.69, 9.17) is 14.2 Å². The van der Waals surface area contributed by atoms with Crippen molar-refractivity contribution in [1.82, 2.24) is 0 Å². The van der Waals surface area contributed by atoms with Gasteiger partial charge in [-0.3, -0.25) is 4.79 Å². The van der Waals surface area contributed by atoms with E-state index in [0.29, 0.717) is 17.2 Å². The number of carbonyl (C=O) groups excluding carboxylic acids is 3. The number of hydrogen-bond acceptors (Lipinski definition) is 7. The minimum Gasteiger partial charge on any atom is -0.493 e. The first-order chi connectivity index (χ1) is 11.5. The van der Waals surface area contributed by atoms with E-state index in [2.05, 4.69) is 10.1 Å². The molecule has 0 unspecified atom stereocenters. The highest BCUT2D eigenvalue weighted by molar-refractivity contribution is 5.95. The van der Waals surface area contributed by atoms with Gasteiger partial charge in [0.15, 0.2) is 18.1 Å². The van der Waals surface area contributed by atoms with Crippen LogP contribution in [0.15, 0.2) is 30.4 Å². The molecule has 24 heavy (non-hydrogen) atoms. The normalized spacial score (nSPS) is 10.1. The van der Waals surface area contributed by atoms with Crippen molar-refractivity contribution in [2.24, 2.45) is 0 Å². The van der Waals surface area contributed by atoms with E-state index in [1.165, 1.54) is 14.2 Å². The predicted molar refractivity (Wildman–Crippen MR) is 84.9 cm³/mol. The molecule has 0 saturated carbocycles. The van der Waals surface area contributed by atoms with Gasteiger partial charge in [0, 0.05) is 23.9 Å². The van der Waals surface area contributed by atoms with Crippen molar-refractivity contribution in [3.8, 4) is 11.5 Å². The molecule has 0 atom stereocenters. The maximum Gasteiger partial charge on any atom is 0.331 e. The fourth-order valence-corrected chi connectivity index (χ4v) is 1.62. The Bertz CT molecular complexity index is 625. The summed E-state index contributed by atoms with van der Waals surface area (Å²) in [5.74, 6) is -1.06. The second-order valence-corrected chi connectivity index (χ2v) is 4.31. The fraction of sp³-hybridized carbons (Fsp3) is 0.312. The van der Waals surface area contributed by atoms with Crippen LogP contribution in [0.3, 0.4) is 0 Å². The van der Waals surface area contributed by atoms with Crippen LogP contribution in [-0.2, 0) is 23.9 Å². The van der Waals surface area contributed by atoms with E-state index in [9.17, 15) is 14.4 Å². The number of ether oxygens (including phenoxy) is 4. The van der Waals surface area contributed by atoms with Gasteiger partial charge in [-0.15, -0.1) is 0 Å². The standard InChI is InChI=1S/C16H19NO7/c1-4-23-15(19)7-8-16(20)24-10-14(18)17-11-5-6-12(21-2)13(9-11)22-3/h5-9H,4,10H2,1-3H3,(H,17,18)/b8-7+. The Balaban J connectivity index is 2.49. The second kappa shape index (κ2) is 9.88. The monoisotopic (exact) mass is 337 g/mol. The van der Waals surface area contributed by atoms with Gasteiger partial charge in [-0.1, -0.05) is 0 Å². The van der Waals surface area contributed by atoms with E-state index >= 15 is 0 Å². The van der Waals surface area contributed by atoms with Gasteiger partial charge < -0.3 is 24.3 Å². The van der Waals surface area contributed by atoms with Crippen LogP contribution in [0.4, 0.5) is 5.69 Å². The molecular weight excluding hydrogens is 318 g/mol. The highest BCUT2D eigenvalue weighted by Gasteiger charge is 2.09. The number of rotatable bonds is 8. The van der Waals surface area contributed by atoms with E-state index in [1.54, 1.807) is 25.1 Å². The first kappa shape index (κ1) is 19.0. The number of nitrogens with one attached hydrogen (secondary N) is 1. The molecule has 1 aromatic rings. The molecule has 1 rings (SSSR count). The fourth-order valence-electron chi connectivity index (χ4n) is 1.62. The average molecular weight is 337 g/mol. The summed E-state index contributed by atoms with van der Waals surface area (Å²) in [4.78, 5) is 34.1. The minimum absolute atomic E-state index is 0.200. The van der Waals surface area contributed by atoms with E-state index in [1.807, 2.05) is 0 Å². The van der Waals surface area contributed by atoms with Gasteiger partial charge in [-0.25, -0.2) is 9.59 Å². The molecule has 0 aromatic heterocycles. The summed E-state index contributed by atoms with van der Waals surface area (Å²) in [7, 11) is 2.97. The molecule has 0 aliphatic heterocycles. The Hall–Kier alpha value is -3.03. The Labute approximate surface area is 139 Å². The summed E-state index contributed by atoms with van der Waals surface area (Å²) in [5, 5.41) is 2.54. The van der Waals surface area contributed by atoms with Crippen LogP contribution in [0.5, 0.6) is 11.5 Å². The third-order valence-corrected chi connectivity index (χ3v) is 2.65. The number of carbonyl (C=O) groups is 3. The Morgan fingerprint density at radius 1 is 1.00 bits per heavy atom. The average Bonchev–Trinajstić information content (AvgIpc) is 2.58. The zero-order chi connectivity index (χ0) is 17.9. The molecule has 0 fully saturated rings. The van der Waals surface area contributed by atoms with Crippen molar-refractivity contribution >= 4 is 23.5 Å². The molecule has 0 bridgehead atoms. The Kier molecular flexibility index (Phi) is 7.83. The maximum absolute atomic E-state index is 11.7. The largest absolute Gasteiger partial charge is 0.493 e. The molecule has 1 N–H and O–H groups in total. The third-order valence-electron chi connectivity index (χ3n) is 2.65. The van der Waals surface area contributed by atoms with Gasteiger partial charge in [-0.2, -0.15) is 0 Å². The van der Waals surface area contributed by atoms with Crippen LogP contribution in [0.2, 0.25) is 0 Å². The van der Waals surface area contributed by atoms with Gasteiger partial charge >= 0.3 is 11.9 Å². The lowest BCUT2D eigenvalue weighted by Crippen LogP contribution is -2.20. The van der Waals surface area contributed by atoms with Crippen LogP contribution < -0.4 is 14.8 Å². The maximum atomic E-state index is 11.7. The van der Waals surface area contributed by atoms with Crippen LogP contribution in [0, 0.1) is 0 Å². The van der Waals surface area contributed by atoms with Crippen LogP contribution >= 0.6 is 0 Å². The van der Waals surface area contributed by atoms with Crippen molar-refractivity contribution in [2.75, 3.05) is 32.8 Å². The molecular formula is C16H19NO7. The van der Waals surface area contributed by atoms with Crippen LogP contribution in [0.1, 0.15) is 6.92 Å². The molecule has 0 spiro atoms. The van der Waals surface area contributed by atoms with Gasteiger partial charge in [0.05, 0.1) is 20.8 Å². The molecule has 0 heterocycles. The minimum atomic E-state index is -0.828. The summed E-state index contributed by atoms with van der Waals surface area (Å²) in [5.41, 5.74) is 0.454. The smallest absolute Gasteiger partial charge is 0.331 e. The number of amides is 1. The molecule has 1 amide bonds. The van der Waals surface area contributed by atoms with Crippen molar-refractivity contribution in [2.45, 2.75) is 6.92 Å². The summed E-state index contributed by atoms with van der Waals surface area (Å²) < 4.78 is 19.5. The number of methoxy groups -OCH3 is 2. The molecule has 0 aliphatic carbocycles. The van der Waals surface area contributed by atoms with Crippen LogP contribution in [0.25, 0.3) is 0 Å². The Morgan fingerprint density at radius 3 is 2.21 bits per heavy atom.